The fourth-order valence-electron chi connectivity index (χ4n) is 1.84. The Balaban J connectivity index is 2.24. The van der Waals surface area contributed by atoms with Gasteiger partial charge in [0.15, 0.2) is 5.78 Å². The third-order valence-electron chi connectivity index (χ3n) is 2.70. The van der Waals surface area contributed by atoms with Crippen molar-refractivity contribution in [2.24, 2.45) is 0 Å². The van der Waals surface area contributed by atoms with Crippen molar-refractivity contribution in [3.05, 3.63) is 34.1 Å². The minimum Gasteiger partial charge on any atom is -0.331 e. The number of nitrogens with zero attached hydrogens (tertiary/aromatic N) is 1. The Labute approximate surface area is 107 Å². The summed E-state index contributed by atoms with van der Waals surface area (Å²) < 4.78 is 13.6. The van der Waals surface area contributed by atoms with Gasteiger partial charge >= 0.3 is 0 Å². The molecule has 17 heavy (non-hydrogen) atoms. The number of ketones is 1. The Kier molecular flexibility index (Phi) is 3.57. The number of Topliss-reactive ketones (excluding diaryl/α,β-unsaturated/α-hetero) is 1. The average Bonchev–Trinajstić information content (AvgIpc) is 2.31. The highest BCUT2D eigenvalue weighted by Gasteiger charge is 2.24. The van der Waals surface area contributed by atoms with E-state index in [2.05, 4.69) is 15.9 Å². The fourth-order valence-corrected chi connectivity index (χ4v) is 2.26. The normalized spacial score (nSPS) is 16.1. The number of halogens is 2. The Morgan fingerprint density at radius 1 is 1.41 bits per heavy atom. The van der Waals surface area contributed by atoms with Crippen molar-refractivity contribution >= 4 is 27.6 Å². The fraction of sp³-hybridized carbons (Fsp3) is 0.333. The van der Waals surface area contributed by atoms with Gasteiger partial charge in [-0.3, -0.25) is 9.59 Å². The van der Waals surface area contributed by atoms with Gasteiger partial charge < -0.3 is 4.90 Å². The molecule has 0 aromatic heterocycles. The molecule has 1 aliphatic heterocycles. The molecule has 0 aliphatic carbocycles. The first kappa shape index (κ1) is 12.2. The first-order valence-electron chi connectivity index (χ1n) is 5.34. The second-order valence-electron chi connectivity index (χ2n) is 3.99. The molecule has 5 heteroatoms. The van der Waals surface area contributed by atoms with E-state index in [1.54, 1.807) is 0 Å². The van der Waals surface area contributed by atoms with Gasteiger partial charge in [-0.05, 0) is 40.5 Å². The third kappa shape index (κ3) is 2.72. The maximum atomic E-state index is 13.1. The molecule has 0 spiro atoms. The van der Waals surface area contributed by atoms with E-state index >= 15 is 0 Å². The molecule has 2 rings (SSSR count). The Bertz CT molecular complexity index is 476. The number of rotatable bonds is 1. The van der Waals surface area contributed by atoms with Crippen molar-refractivity contribution in [1.29, 1.82) is 0 Å². The monoisotopic (exact) mass is 299 g/mol. The highest BCUT2D eigenvalue weighted by Crippen LogP contribution is 2.21. The first-order valence-corrected chi connectivity index (χ1v) is 6.13. The van der Waals surface area contributed by atoms with Crippen LogP contribution in [-0.2, 0) is 4.79 Å². The van der Waals surface area contributed by atoms with Crippen LogP contribution in [0.2, 0.25) is 0 Å². The van der Waals surface area contributed by atoms with Crippen molar-refractivity contribution in [3.8, 4) is 0 Å². The van der Waals surface area contributed by atoms with E-state index < -0.39 is 5.82 Å². The Morgan fingerprint density at radius 3 is 2.88 bits per heavy atom. The summed E-state index contributed by atoms with van der Waals surface area (Å²) in [6.45, 7) is 0.676. The molecule has 0 radical (unpaired) electrons. The average molecular weight is 300 g/mol. The molecular formula is C12H11BrFNO2. The van der Waals surface area contributed by atoms with Crippen LogP contribution in [0.25, 0.3) is 0 Å². The SMILES string of the molecule is O=C1CCCN(C(=O)c2cc(F)ccc2Br)C1. The predicted molar refractivity (Wildman–Crippen MR) is 64.2 cm³/mol. The van der Waals surface area contributed by atoms with Crippen LogP contribution in [0, 0.1) is 5.82 Å². The standard InChI is InChI=1S/C12H11BrFNO2/c13-11-4-3-8(14)6-10(11)12(17)15-5-1-2-9(16)7-15/h3-4,6H,1-2,5,7H2. The van der Waals surface area contributed by atoms with Gasteiger partial charge in [-0.15, -0.1) is 0 Å². The number of piperidine rings is 1. The highest BCUT2D eigenvalue weighted by atomic mass is 79.9. The van der Waals surface area contributed by atoms with Crippen LogP contribution < -0.4 is 0 Å². The molecule has 0 atom stereocenters. The number of likely N-dealkylation sites (tertiary alicyclic amines) is 1. The summed E-state index contributed by atoms with van der Waals surface area (Å²) in [5.74, 6) is -0.707. The van der Waals surface area contributed by atoms with E-state index in [1.165, 1.54) is 23.1 Å². The molecule has 0 saturated carbocycles. The molecule has 1 heterocycles. The van der Waals surface area contributed by atoms with Gasteiger partial charge in [-0.2, -0.15) is 0 Å². The second kappa shape index (κ2) is 4.96. The Hall–Kier alpha value is -1.23. The van der Waals surface area contributed by atoms with Gasteiger partial charge in [-0.25, -0.2) is 4.39 Å². The van der Waals surface area contributed by atoms with Gasteiger partial charge in [0.1, 0.15) is 5.82 Å². The number of benzene rings is 1. The molecule has 1 fully saturated rings. The molecule has 0 unspecified atom stereocenters. The minimum absolute atomic E-state index is 0.0529. The van der Waals surface area contributed by atoms with Crippen molar-refractivity contribution in [2.75, 3.05) is 13.1 Å². The summed E-state index contributed by atoms with van der Waals surface area (Å²) >= 11 is 3.21. The molecule has 0 bridgehead atoms. The summed E-state index contributed by atoms with van der Waals surface area (Å²) in [7, 11) is 0. The zero-order chi connectivity index (χ0) is 12.4. The lowest BCUT2D eigenvalue weighted by atomic mass is 10.1. The predicted octanol–water partition coefficient (Wildman–Crippen LogP) is 2.39. The number of amides is 1. The van der Waals surface area contributed by atoms with Gasteiger partial charge in [-0.1, -0.05) is 0 Å². The van der Waals surface area contributed by atoms with E-state index in [9.17, 15) is 14.0 Å². The van der Waals surface area contributed by atoms with Gasteiger partial charge in [0.2, 0.25) is 0 Å². The van der Waals surface area contributed by atoms with E-state index in [4.69, 9.17) is 0 Å². The quantitative estimate of drug-likeness (QED) is 0.798. The lowest BCUT2D eigenvalue weighted by molar-refractivity contribution is -0.121. The van der Waals surface area contributed by atoms with Crippen molar-refractivity contribution < 1.29 is 14.0 Å². The maximum absolute atomic E-state index is 13.1. The molecule has 1 aromatic carbocycles. The maximum Gasteiger partial charge on any atom is 0.255 e. The number of carbonyl (C=O) groups excluding carboxylic acids is 2. The lowest BCUT2D eigenvalue weighted by Gasteiger charge is -2.26. The van der Waals surface area contributed by atoms with Crippen molar-refractivity contribution in [1.82, 2.24) is 4.90 Å². The molecule has 1 amide bonds. The first-order chi connectivity index (χ1) is 8.08. The largest absolute Gasteiger partial charge is 0.331 e. The van der Waals surface area contributed by atoms with E-state index in [0.717, 1.165) is 0 Å². The summed E-state index contributed by atoms with van der Waals surface area (Å²) in [4.78, 5) is 24.8. The van der Waals surface area contributed by atoms with Gasteiger partial charge in [0.05, 0.1) is 12.1 Å². The zero-order valence-electron chi connectivity index (χ0n) is 9.08. The topological polar surface area (TPSA) is 37.4 Å². The summed E-state index contributed by atoms with van der Waals surface area (Å²) in [5, 5.41) is 0. The number of hydrogen-bond donors (Lipinski definition) is 0. The molecular weight excluding hydrogens is 289 g/mol. The van der Waals surface area contributed by atoms with Crippen LogP contribution in [0.1, 0.15) is 23.2 Å². The molecule has 3 nitrogen and oxygen atoms in total. The molecule has 1 aromatic rings. The van der Waals surface area contributed by atoms with Crippen LogP contribution in [0.15, 0.2) is 22.7 Å². The highest BCUT2D eigenvalue weighted by molar-refractivity contribution is 9.10. The Morgan fingerprint density at radius 2 is 2.18 bits per heavy atom. The number of hydrogen-bond acceptors (Lipinski definition) is 2. The molecule has 90 valence electrons. The molecule has 1 saturated heterocycles. The van der Waals surface area contributed by atoms with Crippen LogP contribution in [-0.4, -0.2) is 29.7 Å². The van der Waals surface area contributed by atoms with Crippen LogP contribution in [0.5, 0.6) is 0 Å². The summed E-state index contributed by atoms with van der Waals surface area (Å²) in [5.41, 5.74) is 0.264. The smallest absolute Gasteiger partial charge is 0.255 e. The van der Waals surface area contributed by atoms with E-state index in [0.29, 0.717) is 23.9 Å². The van der Waals surface area contributed by atoms with Crippen LogP contribution in [0.4, 0.5) is 4.39 Å². The van der Waals surface area contributed by atoms with Crippen molar-refractivity contribution in [2.45, 2.75) is 12.8 Å². The second-order valence-corrected chi connectivity index (χ2v) is 4.85. The van der Waals surface area contributed by atoms with Gasteiger partial charge in [0.25, 0.3) is 5.91 Å². The molecule has 0 N–H and O–H groups in total. The van der Waals surface area contributed by atoms with Gasteiger partial charge in [0, 0.05) is 17.4 Å². The number of carbonyl (C=O) groups is 2. The van der Waals surface area contributed by atoms with E-state index in [1.807, 2.05) is 0 Å². The summed E-state index contributed by atoms with van der Waals surface area (Å²) in [6, 6.07) is 3.96. The van der Waals surface area contributed by atoms with Crippen molar-refractivity contribution in [3.63, 3.8) is 0 Å². The lowest BCUT2D eigenvalue weighted by Crippen LogP contribution is -2.40. The van der Waals surface area contributed by atoms with E-state index in [-0.39, 0.29) is 23.8 Å². The minimum atomic E-state index is -0.458. The van der Waals surface area contributed by atoms with Crippen LogP contribution in [0.3, 0.4) is 0 Å². The summed E-state index contributed by atoms with van der Waals surface area (Å²) in [6.07, 6.45) is 1.20. The van der Waals surface area contributed by atoms with Crippen LogP contribution >= 0.6 is 15.9 Å². The third-order valence-corrected chi connectivity index (χ3v) is 3.39. The zero-order valence-corrected chi connectivity index (χ0v) is 10.7. The molecule has 1 aliphatic rings.